The molecule has 0 aromatic heterocycles. The maximum Gasteiger partial charge on any atom is 0.240 e. The third-order valence-corrected chi connectivity index (χ3v) is 4.66. The Hall–Kier alpha value is -1.90. The van der Waals surface area contributed by atoms with E-state index in [1.165, 1.54) is 57.8 Å². The van der Waals surface area contributed by atoms with E-state index in [0.29, 0.717) is 6.42 Å². The lowest BCUT2D eigenvalue weighted by Crippen LogP contribution is -2.16. The first-order chi connectivity index (χ1) is 13.2. The predicted octanol–water partition coefficient (Wildman–Crippen LogP) is 6.89. The van der Waals surface area contributed by atoms with Crippen LogP contribution < -0.4 is 5.43 Å². The molecule has 0 radical (unpaired) electrons. The number of nitrogens with one attached hydrogen (secondary N) is 1. The number of hydrogen-bond donors (Lipinski definition) is 1. The van der Waals surface area contributed by atoms with Crippen LogP contribution in [0.25, 0.3) is 6.08 Å². The second-order valence-electron chi connectivity index (χ2n) is 7.38. The topological polar surface area (TPSA) is 41.5 Å². The molecule has 0 unspecified atom stereocenters. The normalized spacial score (nSPS) is 11.9. The number of carbonyl (C=O) groups excluding carboxylic acids is 1. The lowest BCUT2D eigenvalue weighted by molar-refractivity contribution is -0.121. The second-order valence-corrected chi connectivity index (χ2v) is 7.38. The summed E-state index contributed by atoms with van der Waals surface area (Å²) in [5.74, 6) is 0.00897. The summed E-state index contributed by atoms with van der Waals surface area (Å²) in [6, 6.07) is 10.1. The zero-order valence-corrected chi connectivity index (χ0v) is 17.4. The van der Waals surface area contributed by atoms with Crippen LogP contribution in [0.4, 0.5) is 0 Å². The van der Waals surface area contributed by atoms with Crippen molar-refractivity contribution in [1.29, 1.82) is 0 Å². The summed E-state index contributed by atoms with van der Waals surface area (Å²) in [5, 5.41) is 4.04. The molecule has 0 fully saturated rings. The molecule has 3 nitrogen and oxygen atoms in total. The maximum atomic E-state index is 11.8. The molecule has 0 aliphatic rings. The summed E-state index contributed by atoms with van der Waals surface area (Å²) in [4.78, 5) is 11.8. The highest BCUT2D eigenvalue weighted by Crippen LogP contribution is 2.11. The van der Waals surface area contributed by atoms with Crippen molar-refractivity contribution in [3.05, 3.63) is 41.5 Å². The number of nitrogens with zero attached hydrogens (tertiary/aromatic N) is 1. The van der Waals surface area contributed by atoms with Gasteiger partial charge in [-0.1, -0.05) is 108 Å². The highest BCUT2D eigenvalue weighted by atomic mass is 16.2. The van der Waals surface area contributed by atoms with Gasteiger partial charge in [0.05, 0.1) is 6.21 Å². The SMILES string of the molecule is CCCCCCCCCCCCCC(=O)N/N=C/C(C)=C\c1ccccc1. The van der Waals surface area contributed by atoms with Gasteiger partial charge >= 0.3 is 0 Å². The molecular formula is C24H38N2O. The van der Waals surface area contributed by atoms with E-state index in [1.807, 2.05) is 43.3 Å². The van der Waals surface area contributed by atoms with Crippen molar-refractivity contribution >= 4 is 18.2 Å². The molecule has 0 atom stereocenters. The van der Waals surface area contributed by atoms with Crippen molar-refractivity contribution in [2.45, 2.75) is 90.9 Å². The molecule has 1 N–H and O–H groups in total. The van der Waals surface area contributed by atoms with Gasteiger partial charge in [-0.3, -0.25) is 4.79 Å². The van der Waals surface area contributed by atoms with Gasteiger partial charge in [0.15, 0.2) is 0 Å². The minimum Gasteiger partial charge on any atom is -0.273 e. The summed E-state index contributed by atoms with van der Waals surface area (Å²) in [5.41, 5.74) is 4.77. The van der Waals surface area contributed by atoms with E-state index in [0.717, 1.165) is 24.0 Å². The molecule has 0 spiro atoms. The van der Waals surface area contributed by atoms with Gasteiger partial charge in [-0.25, -0.2) is 5.43 Å². The van der Waals surface area contributed by atoms with Gasteiger partial charge in [0.25, 0.3) is 0 Å². The largest absolute Gasteiger partial charge is 0.273 e. The van der Waals surface area contributed by atoms with Crippen molar-refractivity contribution in [2.75, 3.05) is 0 Å². The number of amides is 1. The molecule has 1 amide bonds. The van der Waals surface area contributed by atoms with E-state index in [-0.39, 0.29) is 5.91 Å². The first-order valence-electron chi connectivity index (χ1n) is 10.8. The van der Waals surface area contributed by atoms with Crippen molar-refractivity contribution in [3.8, 4) is 0 Å². The predicted molar refractivity (Wildman–Crippen MR) is 118 cm³/mol. The molecular weight excluding hydrogens is 332 g/mol. The van der Waals surface area contributed by atoms with Crippen LogP contribution in [-0.4, -0.2) is 12.1 Å². The molecule has 0 saturated heterocycles. The average Bonchev–Trinajstić information content (AvgIpc) is 2.67. The van der Waals surface area contributed by atoms with Gasteiger partial charge in [-0.15, -0.1) is 0 Å². The summed E-state index contributed by atoms with van der Waals surface area (Å²) < 4.78 is 0. The molecule has 0 bridgehead atoms. The Labute approximate surface area is 166 Å². The smallest absolute Gasteiger partial charge is 0.240 e. The number of carbonyl (C=O) groups is 1. The zero-order valence-electron chi connectivity index (χ0n) is 17.4. The van der Waals surface area contributed by atoms with Crippen LogP contribution in [0.2, 0.25) is 0 Å². The molecule has 3 heteroatoms. The van der Waals surface area contributed by atoms with E-state index in [2.05, 4.69) is 17.5 Å². The van der Waals surface area contributed by atoms with E-state index in [4.69, 9.17) is 0 Å². The Morgan fingerprint density at radius 2 is 1.44 bits per heavy atom. The van der Waals surface area contributed by atoms with Gasteiger partial charge in [0, 0.05) is 6.42 Å². The lowest BCUT2D eigenvalue weighted by Gasteiger charge is -2.02. The standard InChI is InChI=1S/C24H38N2O/c1-3-4-5-6-7-8-9-10-11-12-16-19-24(27)26-25-21-22(2)20-23-17-14-13-15-18-23/h13-15,17-18,20-21H,3-12,16,19H2,1-2H3,(H,26,27)/b22-20-,25-21+. The van der Waals surface area contributed by atoms with Crippen LogP contribution in [-0.2, 0) is 4.79 Å². The van der Waals surface area contributed by atoms with Crippen LogP contribution in [0.5, 0.6) is 0 Å². The van der Waals surface area contributed by atoms with Crippen LogP contribution in [0.3, 0.4) is 0 Å². The van der Waals surface area contributed by atoms with Gasteiger partial charge in [0.2, 0.25) is 5.91 Å². The molecule has 0 heterocycles. The van der Waals surface area contributed by atoms with Crippen LogP contribution >= 0.6 is 0 Å². The zero-order chi connectivity index (χ0) is 19.6. The van der Waals surface area contributed by atoms with Crippen LogP contribution in [0, 0.1) is 0 Å². The summed E-state index contributed by atoms with van der Waals surface area (Å²) in [7, 11) is 0. The molecule has 0 aliphatic heterocycles. The first-order valence-corrected chi connectivity index (χ1v) is 10.8. The molecule has 150 valence electrons. The summed E-state index contributed by atoms with van der Waals surface area (Å²) >= 11 is 0. The monoisotopic (exact) mass is 370 g/mol. The Kier molecular flexibility index (Phi) is 14.0. The van der Waals surface area contributed by atoms with Crippen molar-refractivity contribution in [1.82, 2.24) is 5.43 Å². The molecule has 1 rings (SSSR count). The maximum absolute atomic E-state index is 11.8. The summed E-state index contributed by atoms with van der Waals surface area (Å²) in [6.07, 6.45) is 18.5. The van der Waals surface area contributed by atoms with E-state index >= 15 is 0 Å². The molecule has 1 aromatic rings. The highest BCUT2D eigenvalue weighted by Gasteiger charge is 1.99. The van der Waals surface area contributed by atoms with Crippen molar-refractivity contribution in [2.24, 2.45) is 5.10 Å². The molecule has 0 aliphatic carbocycles. The Morgan fingerprint density at radius 3 is 2.04 bits per heavy atom. The van der Waals surface area contributed by atoms with Gasteiger partial charge in [0.1, 0.15) is 0 Å². The van der Waals surface area contributed by atoms with Gasteiger partial charge < -0.3 is 0 Å². The van der Waals surface area contributed by atoms with Crippen molar-refractivity contribution in [3.63, 3.8) is 0 Å². The fraction of sp³-hybridized carbons (Fsp3) is 0.583. The number of unbranched alkanes of at least 4 members (excludes halogenated alkanes) is 10. The number of hydrazone groups is 1. The lowest BCUT2D eigenvalue weighted by atomic mass is 10.1. The van der Waals surface area contributed by atoms with Gasteiger partial charge in [-0.05, 0) is 24.5 Å². The quantitative estimate of drug-likeness (QED) is 0.204. The van der Waals surface area contributed by atoms with E-state index in [1.54, 1.807) is 6.21 Å². The number of rotatable bonds is 15. The molecule has 1 aromatic carbocycles. The van der Waals surface area contributed by atoms with Crippen LogP contribution in [0.1, 0.15) is 96.5 Å². The first kappa shape index (κ1) is 23.1. The van der Waals surface area contributed by atoms with Crippen molar-refractivity contribution < 1.29 is 4.79 Å². The fourth-order valence-electron chi connectivity index (χ4n) is 3.06. The van der Waals surface area contributed by atoms with Crippen LogP contribution in [0.15, 0.2) is 41.0 Å². The Balaban J connectivity index is 1.99. The minimum atomic E-state index is 0.00897. The van der Waals surface area contributed by atoms with Gasteiger partial charge in [-0.2, -0.15) is 5.10 Å². The van der Waals surface area contributed by atoms with E-state index in [9.17, 15) is 4.79 Å². The third-order valence-electron chi connectivity index (χ3n) is 4.66. The number of hydrogen-bond acceptors (Lipinski definition) is 2. The molecule has 0 saturated carbocycles. The average molecular weight is 371 g/mol. The number of benzene rings is 1. The summed E-state index contributed by atoms with van der Waals surface area (Å²) in [6.45, 7) is 4.24. The molecule has 27 heavy (non-hydrogen) atoms. The third kappa shape index (κ3) is 13.9. The van der Waals surface area contributed by atoms with E-state index < -0.39 is 0 Å². The number of allylic oxidation sites excluding steroid dienone is 1. The minimum absolute atomic E-state index is 0.00897. The highest BCUT2D eigenvalue weighted by molar-refractivity contribution is 5.86. The Morgan fingerprint density at radius 1 is 0.889 bits per heavy atom. The fourth-order valence-corrected chi connectivity index (χ4v) is 3.06. The second kappa shape index (κ2) is 16.3. The Bertz CT molecular complexity index is 549.